The molecule has 0 aliphatic carbocycles. The van der Waals surface area contributed by atoms with E-state index in [9.17, 15) is 9.59 Å². The van der Waals surface area contributed by atoms with Crippen LogP contribution in [0.25, 0.3) is 11.1 Å². The normalized spacial score (nSPS) is 10.4. The monoisotopic (exact) mass is 463 g/mol. The fourth-order valence-electron chi connectivity index (χ4n) is 3.40. The molecule has 2 aromatic carbocycles. The van der Waals surface area contributed by atoms with Crippen LogP contribution >= 0.6 is 11.6 Å². The highest BCUT2D eigenvalue weighted by molar-refractivity contribution is 6.33. The van der Waals surface area contributed by atoms with Gasteiger partial charge in [-0.25, -0.2) is 4.98 Å². The van der Waals surface area contributed by atoms with Gasteiger partial charge in [0.2, 0.25) is 0 Å². The Labute approximate surface area is 196 Å². The minimum atomic E-state index is -0.962. The second-order valence-corrected chi connectivity index (χ2v) is 7.88. The Morgan fingerprint density at radius 1 is 1.15 bits per heavy atom. The van der Waals surface area contributed by atoms with Gasteiger partial charge in [-0.15, -0.1) is 0 Å². The van der Waals surface area contributed by atoms with Gasteiger partial charge in [-0.3, -0.25) is 9.59 Å². The van der Waals surface area contributed by atoms with E-state index in [4.69, 9.17) is 26.7 Å². The maximum atomic E-state index is 13.3. The van der Waals surface area contributed by atoms with Gasteiger partial charge in [-0.05, 0) is 55.3 Å². The number of hydrogen-bond donors (Lipinski definition) is 1. The lowest BCUT2D eigenvalue weighted by Crippen LogP contribution is -2.27. The molecular formula is C25H22ClN3O4. The third-order valence-corrected chi connectivity index (χ3v) is 5.48. The van der Waals surface area contributed by atoms with Crippen LogP contribution in [0.15, 0.2) is 48.7 Å². The van der Waals surface area contributed by atoms with E-state index in [2.05, 4.69) is 4.98 Å². The van der Waals surface area contributed by atoms with Crippen molar-refractivity contribution in [1.82, 2.24) is 4.98 Å². The van der Waals surface area contributed by atoms with Gasteiger partial charge < -0.3 is 14.7 Å². The maximum Gasteiger partial charge on any atom is 0.306 e. The first-order chi connectivity index (χ1) is 15.7. The number of amides is 1. The summed E-state index contributed by atoms with van der Waals surface area (Å²) in [5.41, 5.74) is 4.19. The molecule has 3 rings (SSSR count). The molecule has 8 heteroatoms. The Bertz CT molecular complexity index is 1270. The molecule has 0 unspecified atom stereocenters. The van der Waals surface area contributed by atoms with Gasteiger partial charge >= 0.3 is 5.97 Å². The number of rotatable bonds is 7. The molecule has 1 N–H and O–H groups in total. The predicted molar refractivity (Wildman–Crippen MR) is 126 cm³/mol. The second-order valence-electron chi connectivity index (χ2n) is 7.47. The second kappa shape index (κ2) is 10.2. The summed E-state index contributed by atoms with van der Waals surface area (Å²) < 4.78 is 5.71. The van der Waals surface area contributed by atoms with Crippen LogP contribution in [0.4, 0.5) is 5.69 Å². The smallest absolute Gasteiger partial charge is 0.306 e. The van der Waals surface area contributed by atoms with E-state index >= 15 is 0 Å². The van der Waals surface area contributed by atoms with Crippen molar-refractivity contribution in [3.8, 4) is 22.9 Å². The standard InChI is InChI=1S/C25H22ClN3O4/c1-15-5-4-6-22(24(15)33-10-9-23(30)31)29(3)25(32)17-7-8-21(26)19(12-17)20-14-28-18(13-27)11-16(20)2/h4-8,11-12,14H,9-10H2,1-3H3,(H,30,31). The number of nitrogens with zero attached hydrogens (tertiary/aromatic N) is 3. The molecular weight excluding hydrogens is 442 g/mol. The van der Waals surface area contributed by atoms with Crippen molar-refractivity contribution in [2.45, 2.75) is 20.3 Å². The van der Waals surface area contributed by atoms with E-state index in [0.717, 1.165) is 16.7 Å². The summed E-state index contributed by atoms with van der Waals surface area (Å²) in [4.78, 5) is 29.8. The zero-order chi connectivity index (χ0) is 24.1. The summed E-state index contributed by atoms with van der Waals surface area (Å²) in [6, 6.07) is 14.0. The lowest BCUT2D eigenvalue weighted by Gasteiger charge is -2.22. The van der Waals surface area contributed by atoms with Crippen molar-refractivity contribution < 1.29 is 19.4 Å². The number of ether oxygens (including phenoxy) is 1. The molecule has 0 aliphatic heterocycles. The molecule has 7 nitrogen and oxygen atoms in total. The third kappa shape index (κ3) is 5.30. The molecule has 33 heavy (non-hydrogen) atoms. The zero-order valence-corrected chi connectivity index (χ0v) is 19.2. The molecule has 1 amide bonds. The number of anilines is 1. The van der Waals surface area contributed by atoms with Crippen molar-refractivity contribution in [3.05, 3.63) is 76.1 Å². The Morgan fingerprint density at radius 3 is 2.58 bits per heavy atom. The fraction of sp³-hybridized carbons (Fsp3) is 0.200. The molecule has 0 spiro atoms. The minimum Gasteiger partial charge on any atom is -0.491 e. The van der Waals surface area contributed by atoms with Gasteiger partial charge in [0.1, 0.15) is 17.5 Å². The van der Waals surface area contributed by atoms with Crippen LogP contribution in [0.3, 0.4) is 0 Å². The number of carbonyl (C=O) groups excluding carboxylic acids is 1. The number of para-hydroxylation sites is 1. The topological polar surface area (TPSA) is 104 Å². The van der Waals surface area contributed by atoms with Gasteiger partial charge in [0.25, 0.3) is 5.91 Å². The van der Waals surface area contributed by atoms with Crippen LogP contribution in [0.5, 0.6) is 5.75 Å². The molecule has 0 atom stereocenters. The predicted octanol–water partition coefficient (Wildman–Crippen LogP) is 5.02. The molecule has 0 aliphatic rings. The molecule has 0 radical (unpaired) electrons. The summed E-state index contributed by atoms with van der Waals surface area (Å²) >= 11 is 6.42. The van der Waals surface area contributed by atoms with E-state index in [0.29, 0.717) is 33.3 Å². The molecule has 1 heterocycles. The summed E-state index contributed by atoms with van der Waals surface area (Å²) in [5, 5.41) is 18.4. The van der Waals surface area contributed by atoms with Crippen LogP contribution in [0.2, 0.25) is 5.02 Å². The highest BCUT2D eigenvalue weighted by atomic mass is 35.5. The maximum absolute atomic E-state index is 13.3. The highest BCUT2D eigenvalue weighted by Gasteiger charge is 2.20. The largest absolute Gasteiger partial charge is 0.491 e. The number of benzene rings is 2. The lowest BCUT2D eigenvalue weighted by molar-refractivity contribution is -0.137. The summed E-state index contributed by atoms with van der Waals surface area (Å²) in [7, 11) is 1.63. The first kappa shape index (κ1) is 23.8. The number of carboxylic acids is 1. The number of halogens is 1. The summed E-state index contributed by atoms with van der Waals surface area (Å²) in [6.45, 7) is 3.67. The van der Waals surface area contributed by atoms with Crippen LogP contribution in [0.1, 0.15) is 33.6 Å². The van der Waals surface area contributed by atoms with E-state index in [1.807, 2.05) is 26.0 Å². The number of carboxylic acid groups (broad SMARTS) is 1. The third-order valence-electron chi connectivity index (χ3n) is 5.15. The van der Waals surface area contributed by atoms with Gasteiger partial charge in [0, 0.05) is 35.0 Å². The number of carbonyl (C=O) groups is 2. The Hall–Kier alpha value is -3.89. The van der Waals surface area contributed by atoms with E-state index in [-0.39, 0.29) is 18.9 Å². The van der Waals surface area contributed by atoms with Crippen molar-refractivity contribution in [2.75, 3.05) is 18.6 Å². The number of aliphatic carboxylic acids is 1. The van der Waals surface area contributed by atoms with E-state index < -0.39 is 5.97 Å². The zero-order valence-electron chi connectivity index (χ0n) is 18.4. The fourth-order valence-corrected chi connectivity index (χ4v) is 3.62. The molecule has 0 fully saturated rings. The highest BCUT2D eigenvalue weighted by Crippen LogP contribution is 2.34. The van der Waals surface area contributed by atoms with Crippen molar-refractivity contribution in [2.24, 2.45) is 0 Å². The average molecular weight is 464 g/mol. The van der Waals surface area contributed by atoms with Crippen LogP contribution in [-0.4, -0.2) is 35.6 Å². The first-order valence-electron chi connectivity index (χ1n) is 10.1. The molecule has 0 saturated carbocycles. The first-order valence-corrected chi connectivity index (χ1v) is 10.5. The van der Waals surface area contributed by atoms with E-state index in [1.165, 1.54) is 4.90 Å². The van der Waals surface area contributed by atoms with Crippen LogP contribution in [-0.2, 0) is 4.79 Å². The molecule has 1 aromatic heterocycles. The van der Waals surface area contributed by atoms with Crippen LogP contribution in [0, 0.1) is 25.2 Å². The minimum absolute atomic E-state index is 0.00865. The van der Waals surface area contributed by atoms with Crippen molar-refractivity contribution in [1.29, 1.82) is 5.26 Å². The number of aryl methyl sites for hydroxylation is 2. The number of pyridine rings is 1. The Morgan fingerprint density at radius 2 is 1.91 bits per heavy atom. The number of hydrogen-bond acceptors (Lipinski definition) is 5. The van der Waals surface area contributed by atoms with Gasteiger partial charge in [-0.2, -0.15) is 5.26 Å². The Kier molecular flexibility index (Phi) is 7.31. The number of nitriles is 1. The quantitative estimate of drug-likeness (QED) is 0.527. The SMILES string of the molecule is Cc1cc(C#N)ncc1-c1cc(C(=O)N(C)c2cccc(C)c2OCCC(=O)O)ccc1Cl. The summed E-state index contributed by atoms with van der Waals surface area (Å²) in [6.07, 6.45) is 1.42. The number of aromatic nitrogens is 1. The van der Waals surface area contributed by atoms with Gasteiger partial charge in [-0.1, -0.05) is 23.7 Å². The molecule has 3 aromatic rings. The van der Waals surface area contributed by atoms with Crippen molar-refractivity contribution in [3.63, 3.8) is 0 Å². The molecule has 0 bridgehead atoms. The van der Waals surface area contributed by atoms with Crippen LogP contribution < -0.4 is 9.64 Å². The molecule has 168 valence electrons. The molecule has 0 saturated heterocycles. The van der Waals surface area contributed by atoms with Gasteiger partial charge in [0.15, 0.2) is 0 Å². The average Bonchev–Trinajstić information content (AvgIpc) is 2.79. The lowest BCUT2D eigenvalue weighted by atomic mass is 9.99. The van der Waals surface area contributed by atoms with Gasteiger partial charge in [0.05, 0.1) is 18.7 Å². The Balaban J connectivity index is 1.95. The van der Waals surface area contributed by atoms with Crippen molar-refractivity contribution >= 4 is 29.2 Å². The van der Waals surface area contributed by atoms with E-state index in [1.54, 1.807) is 49.6 Å². The summed E-state index contributed by atoms with van der Waals surface area (Å²) in [5.74, 6) is -0.798.